The number of methoxy groups -OCH3 is 1. The summed E-state index contributed by atoms with van der Waals surface area (Å²) in [4.78, 5) is 3.44. The van der Waals surface area contributed by atoms with Gasteiger partial charge in [0.15, 0.2) is 11.0 Å². The van der Waals surface area contributed by atoms with E-state index in [0.717, 1.165) is 6.20 Å². The Morgan fingerprint density at radius 3 is 2.69 bits per heavy atom. The average Bonchev–Trinajstić information content (AvgIpc) is 2.08. The zero-order valence-corrected chi connectivity index (χ0v) is 7.42. The molecular weight excluding hydrogens is 199 g/mol. The van der Waals surface area contributed by atoms with E-state index in [0.29, 0.717) is 0 Å². The molecule has 0 amide bonds. The van der Waals surface area contributed by atoms with Crippen LogP contribution in [0.5, 0.6) is 5.75 Å². The third-order valence-electron chi connectivity index (χ3n) is 1.46. The van der Waals surface area contributed by atoms with Crippen molar-refractivity contribution in [2.24, 2.45) is 0 Å². The predicted molar refractivity (Wildman–Crippen MR) is 45.6 cm³/mol. The van der Waals surface area contributed by atoms with Crippen LogP contribution in [0.2, 0.25) is 5.15 Å². The lowest BCUT2D eigenvalue weighted by molar-refractivity contribution is 0.397. The lowest BCUT2D eigenvalue weighted by atomic mass is 9.80. The van der Waals surface area contributed by atoms with Crippen molar-refractivity contribution in [3.05, 3.63) is 17.2 Å². The Balaban J connectivity index is 3.32. The van der Waals surface area contributed by atoms with Gasteiger partial charge in [-0.2, -0.15) is 0 Å². The Morgan fingerprint density at radius 1 is 1.62 bits per heavy atom. The number of pyridine rings is 1. The summed E-state index contributed by atoms with van der Waals surface area (Å²) in [6, 6.07) is 0. The van der Waals surface area contributed by atoms with Crippen LogP contribution in [0.3, 0.4) is 0 Å². The smallest absolute Gasteiger partial charge is 0.495 e. The summed E-state index contributed by atoms with van der Waals surface area (Å²) >= 11 is 5.32. The van der Waals surface area contributed by atoms with Gasteiger partial charge in [0.25, 0.3) is 0 Å². The van der Waals surface area contributed by atoms with Crippen LogP contribution < -0.4 is 10.2 Å². The first-order chi connectivity index (χ1) is 6.07. The van der Waals surface area contributed by atoms with Crippen LogP contribution in [0.1, 0.15) is 0 Å². The Morgan fingerprint density at radius 2 is 2.23 bits per heavy atom. The van der Waals surface area contributed by atoms with Crippen LogP contribution in [-0.2, 0) is 0 Å². The van der Waals surface area contributed by atoms with E-state index in [-0.39, 0.29) is 5.75 Å². The van der Waals surface area contributed by atoms with Crippen LogP contribution >= 0.6 is 11.6 Å². The molecule has 13 heavy (non-hydrogen) atoms. The molecule has 1 aromatic heterocycles. The first kappa shape index (κ1) is 10.2. The Hall–Kier alpha value is -0.845. The van der Waals surface area contributed by atoms with Gasteiger partial charge in [-0.3, -0.25) is 0 Å². The van der Waals surface area contributed by atoms with Gasteiger partial charge >= 0.3 is 7.12 Å². The van der Waals surface area contributed by atoms with Gasteiger partial charge in [-0.25, -0.2) is 9.37 Å². The molecule has 0 fully saturated rings. The summed E-state index contributed by atoms with van der Waals surface area (Å²) in [6.07, 6.45) is 1.11. The Bertz CT molecular complexity index is 323. The minimum absolute atomic E-state index is 0.0584. The first-order valence-corrected chi connectivity index (χ1v) is 3.69. The summed E-state index contributed by atoms with van der Waals surface area (Å²) in [5.41, 5.74) is -0.414. The molecule has 7 heteroatoms. The van der Waals surface area contributed by atoms with E-state index >= 15 is 0 Å². The zero-order chi connectivity index (χ0) is 10.0. The molecule has 1 heterocycles. The van der Waals surface area contributed by atoms with Crippen LogP contribution in [0.15, 0.2) is 6.20 Å². The Labute approximate surface area is 79.1 Å². The topological polar surface area (TPSA) is 62.6 Å². The van der Waals surface area contributed by atoms with E-state index in [9.17, 15) is 4.39 Å². The molecule has 0 saturated heterocycles. The number of halogens is 2. The molecular formula is C6H6BClFNO3. The van der Waals surface area contributed by atoms with E-state index in [2.05, 4.69) is 9.72 Å². The highest BCUT2D eigenvalue weighted by molar-refractivity contribution is 6.60. The van der Waals surface area contributed by atoms with Crippen LogP contribution in [0, 0.1) is 5.82 Å². The van der Waals surface area contributed by atoms with Crippen molar-refractivity contribution in [3.63, 3.8) is 0 Å². The summed E-state index contributed by atoms with van der Waals surface area (Å²) < 4.78 is 17.8. The second kappa shape index (κ2) is 3.91. The molecule has 0 aliphatic carbocycles. The van der Waals surface area contributed by atoms with E-state index in [1.165, 1.54) is 7.11 Å². The number of nitrogens with zero attached hydrogens (tertiary/aromatic N) is 1. The maximum atomic E-state index is 13.1. The van der Waals surface area contributed by atoms with Gasteiger partial charge in [0.1, 0.15) is 5.75 Å². The SMILES string of the molecule is COc1cnc(Cl)c(F)c1B(O)O. The molecule has 0 atom stereocenters. The summed E-state index contributed by atoms with van der Waals surface area (Å²) in [5.74, 6) is -1.05. The highest BCUT2D eigenvalue weighted by Gasteiger charge is 2.24. The van der Waals surface area contributed by atoms with E-state index < -0.39 is 23.6 Å². The van der Waals surface area contributed by atoms with Crippen molar-refractivity contribution in [3.8, 4) is 5.75 Å². The standard InChI is InChI=1S/C6H6BClFNO3/c1-13-3-2-10-6(8)5(9)4(3)7(11)12/h2,11-12H,1H3. The highest BCUT2D eigenvalue weighted by atomic mass is 35.5. The number of rotatable bonds is 2. The Kier molecular flexibility index (Phi) is 3.08. The third-order valence-corrected chi connectivity index (χ3v) is 1.72. The van der Waals surface area contributed by atoms with Gasteiger partial charge in [0.05, 0.1) is 18.8 Å². The molecule has 0 aromatic carbocycles. The van der Waals surface area contributed by atoms with Crippen molar-refractivity contribution < 1.29 is 19.2 Å². The molecule has 1 aromatic rings. The minimum atomic E-state index is -1.98. The molecule has 0 aliphatic rings. The maximum Gasteiger partial charge on any atom is 0.495 e. The minimum Gasteiger partial charge on any atom is -0.495 e. The number of hydrogen-bond acceptors (Lipinski definition) is 4. The lowest BCUT2D eigenvalue weighted by Crippen LogP contribution is -2.34. The van der Waals surface area contributed by atoms with Crippen LogP contribution in [0.4, 0.5) is 4.39 Å². The van der Waals surface area contributed by atoms with Gasteiger partial charge in [-0.05, 0) is 0 Å². The van der Waals surface area contributed by atoms with E-state index in [4.69, 9.17) is 21.6 Å². The molecule has 0 unspecified atom stereocenters. The number of aromatic nitrogens is 1. The second-order valence-electron chi connectivity index (χ2n) is 2.22. The van der Waals surface area contributed by atoms with Gasteiger partial charge in [-0.15, -0.1) is 0 Å². The number of hydrogen-bond donors (Lipinski definition) is 2. The maximum absolute atomic E-state index is 13.1. The molecule has 0 bridgehead atoms. The van der Waals surface area contributed by atoms with Crippen molar-refractivity contribution in [1.29, 1.82) is 0 Å². The molecule has 1 rings (SSSR count). The third kappa shape index (κ3) is 1.90. The van der Waals surface area contributed by atoms with Gasteiger partial charge in [-0.1, -0.05) is 11.6 Å². The highest BCUT2D eigenvalue weighted by Crippen LogP contribution is 2.14. The molecule has 0 spiro atoms. The van der Waals surface area contributed by atoms with Crippen molar-refractivity contribution in [2.75, 3.05) is 7.11 Å². The first-order valence-electron chi connectivity index (χ1n) is 3.32. The molecule has 0 saturated carbocycles. The van der Waals surface area contributed by atoms with Crippen molar-refractivity contribution in [1.82, 2.24) is 4.98 Å². The molecule has 70 valence electrons. The summed E-state index contributed by atoms with van der Waals surface area (Å²) in [5, 5.41) is 17.2. The van der Waals surface area contributed by atoms with Crippen LogP contribution in [0.25, 0.3) is 0 Å². The van der Waals surface area contributed by atoms with Crippen molar-refractivity contribution in [2.45, 2.75) is 0 Å². The molecule has 0 radical (unpaired) electrons. The predicted octanol–water partition coefficient (Wildman–Crippen LogP) is -0.438. The largest absolute Gasteiger partial charge is 0.495 e. The fraction of sp³-hybridized carbons (Fsp3) is 0.167. The second-order valence-corrected chi connectivity index (χ2v) is 2.58. The van der Waals surface area contributed by atoms with Crippen molar-refractivity contribution >= 4 is 24.2 Å². The normalized spacial score (nSPS) is 9.92. The average molecular weight is 205 g/mol. The summed E-state index contributed by atoms with van der Waals surface area (Å²) in [6.45, 7) is 0. The monoisotopic (exact) mass is 205 g/mol. The fourth-order valence-corrected chi connectivity index (χ4v) is 1.01. The molecule has 0 aliphatic heterocycles. The summed E-state index contributed by atoms with van der Waals surface area (Å²) in [7, 11) is -0.716. The van der Waals surface area contributed by atoms with E-state index in [1.54, 1.807) is 0 Å². The quantitative estimate of drug-likeness (QED) is 0.508. The zero-order valence-electron chi connectivity index (χ0n) is 6.66. The van der Waals surface area contributed by atoms with Crippen LogP contribution in [-0.4, -0.2) is 29.3 Å². The molecule has 2 N–H and O–H groups in total. The fourth-order valence-electron chi connectivity index (χ4n) is 0.864. The van der Waals surface area contributed by atoms with Gasteiger partial charge in [0.2, 0.25) is 0 Å². The van der Waals surface area contributed by atoms with Gasteiger partial charge < -0.3 is 14.8 Å². The van der Waals surface area contributed by atoms with E-state index in [1.807, 2.05) is 0 Å². The number of ether oxygens (including phenoxy) is 1. The van der Waals surface area contributed by atoms with Gasteiger partial charge in [0, 0.05) is 0 Å². The molecule has 4 nitrogen and oxygen atoms in total. The lowest BCUT2D eigenvalue weighted by Gasteiger charge is -2.08.